The number of nitrogens with one attached hydrogen (secondary N) is 1. The maximum absolute atomic E-state index is 13.3. The highest BCUT2D eigenvalue weighted by Gasteiger charge is 2.09. The highest BCUT2D eigenvalue weighted by molar-refractivity contribution is 5.57. The van der Waals surface area contributed by atoms with E-state index in [1.807, 2.05) is 6.07 Å². The molecule has 1 aromatic carbocycles. The molecule has 86 valence electrons. The summed E-state index contributed by atoms with van der Waals surface area (Å²) in [5.41, 5.74) is 0.697. The van der Waals surface area contributed by atoms with Gasteiger partial charge in [0.2, 0.25) is 0 Å². The Bertz CT molecular complexity index is 378. The van der Waals surface area contributed by atoms with Gasteiger partial charge in [0.05, 0.1) is 5.69 Å². The molecule has 0 saturated heterocycles. The van der Waals surface area contributed by atoms with Crippen molar-refractivity contribution in [2.24, 2.45) is 5.92 Å². The van der Waals surface area contributed by atoms with E-state index in [0.29, 0.717) is 11.6 Å². The van der Waals surface area contributed by atoms with Gasteiger partial charge in [-0.25, -0.2) is 4.39 Å². The first-order valence-electron chi connectivity index (χ1n) is 5.65. The van der Waals surface area contributed by atoms with Crippen molar-refractivity contribution < 1.29 is 4.39 Å². The first-order valence-corrected chi connectivity index (χ1v) is 5.65. The molecule has 0 saturated carbocycles. The smallest absolute Gasteiger partial charge is 0.143 e. The summed E-state index contributed by atoms with van der Waals surface area (Å²) in [5.74, 6) is 0.104. The summed E-state index contributed by atoms with van der Waals surface area (Å²) < 4.78 is 13.3. The molecule has 16 heavy (non-hydrogen) atoms. The summed E-state index contributed by atoms with van der Waals surface area (Å²) in [6, 6.07) is 6.55. The third-order valence-corrected chi connectivity index (χ3v) is 2.86. The summed E-state index contributed by atoms with van der Waals surface area (Å²) in [6.45, 7) is 5.05. The molecule has 0 spiro atoms. The van der Waals surface area contributed by atoms with E-state index >= 15 is 0 Å². The average molecular weight is 220 g/mol. The lowest BCUT2D eigenvalue weighted by atomic mass is 10.0. The molecule has 0 fully saturated rings. The highest BCUT2D eigenvalue weighted by atomic mass is 19.1. The normalized spacial score (nSPS) is 10.2. The van der Waals surface area contributed by atoms with Crippen molar-refractivity contribution in [3.05, 3.63) is 29.6 Å². The van der Waals surface area contributed by atoms with E-state index < -0.39 is 5.82 Å². The van der Waals surface area contributed by atoms with Crippen molar-refractivity contribution in [3.8, 4) is 6.07 Å². The quantitative estimate of drug-likeness (QED) is 0.823. The summed E-state index contributed by atoms with van der Waals surface area (Å²) in [7, 11) is 0. The number of halogens is 1. The van der Waals surface area contributed by atoms with Crippen LogP contribution in [0.2, 0.25) is 0 Å². The fourth-order valence-corrected chi connectivity index (χ4v) is 1.62. The molecule has 3 heteroatoms. The molecule has 1 aromatic rings. The SMILES string of the molecule is CCC(CC)CNc1cccc(F)c1C#N. The molecule has 1 N–H and O–H groups in total. The van der Waals surface area contributed by atoms with Gasteiger partial charge < -0.3 is 5.32 Å². The van der Waals surface area contributed by atoms with Crippen LogP contribution in [0.5, 0.6) is 0 Å². The maximum Gasteiger partial charge on any atom is 0.143 e. The van der Waals surface area contributed by atoms with Gasteiger partial charge in [0.15, 0.2) is 0 Å². The minimum absolute atomic E-state index is 0.105. The zero-order valence-corrected chi connectivity index (χ0v) is 9.76. The van der Waals surface area contributed by atoms with Crippen molar-refractivity contribution in [1.29, 1.82) is 5.26 Å². The molecule has 1 rings (SSSR count). The zero-order valence-electron chi connectivity index (χ0n) is 9.76. The molecule has 0 radical (unpaired) electrons. The predicted octanol–water partition coefficient (Wildman–Crippen LogP) is 3.55. The van der Waals surface area contributed by atoms with Crippen LogP contribution < -0.4 is 5.32 Å². The number of rotatable bonds is 5. The molecule has 0 aliphatic heterocycles. The van der Waals surface area contributed by atoms with E-state index in [0.717, 1.165) is 19.4 Å². The Balaban J connectivity index is 2.74. The Morgan fingerprint density at radius 3 is 2.62 bits per heavy atom. The van der Waals surface area contributed by atoms with E-state index in [2.05, 4.69) is 19.2 Å². The third kappa shape index (κ3) is 2.96. The van der Waals surface area contributed by atoms with Crippen LogP contribution in [-0.4, -0.2) is 6.54 Å². The molecule has 0 amide bonds. The summed E-state index contributed by atoms with van der Waals surface area (Å²) >= 11 is 0. The standard InChI is InChI=1S/C13H17FN2/c1-3-10(4-2)9-16-13-7-5-6-12(14)11(13)8-15/h5-7,10,16H,3-4,9H2,1-2H3. The molecular formula is C13H17FN2. The van der Waals surface area contributed by atoms with Gasteiger partial charge in [-0.15, -0.1) is 0 Å². The Labute approximate surface area is 96.1 Å². The molecule has 0 aliphatic rings. The van der Waals surface area contributed by atoms with Gasteiger partial charge in [-0.2, -0.15) is 5.26 Å². The van der Waals surface area contributed by atoms with Gasteiger partial charge in [0, 0.05) is 6.54 Å². The number of anilines is 1. The number of hydrogen-bond acceptors (Lipinski definition) is 2. The van der Waals surface area contributed by atoms with Crippen LogP contribution in [0.1, 0.15) is 32.3 Å². The van der Waals surface area contributed by atoms with Crippen molar-refractivity contribution in [1.82, 2.24) is 0 Å². The number of nitrogens with zero attached hydrogens (tertiary/aromatic N) is 1. The van der Waals surface area contributed by atoms with Gasteiger partial charge in [0.25, 0.3) is 0 Å². The van der Waals surface area contributed by atoms with Gasteiger partial charge in [-0.1, -0.05) is 32.8 Å². The maximum atomic E-state index is 13.3. The predicted molar refractivity (Wildman–Crippen MR) is 63.7 cm³/mol. The van der Waals surface area contributed by atoms with E-state index in [4.69, 9.17) is 5.26 Å². The van der Waals surface area contributed by atoms with Crippen LogP contribution in [0.25, 0.3) is 0 Å². The summed E-state index contributed by atoms with van der Waals surface area (Å²) in [4.78, 5) is 0. The topological polar surface area (TPSA) is 35.8 Å². The van der Waals surface area contributed by atoms with Crippen LogP contribution in [0.3, 0.4) is 0 Å². The molecule has 0 atom stereocenters. The van der Waals surface area contributed by atoms with Crippen molar-refractivity contribution in [2.45, 2.75) is 26.7 Å². The Morgan fingerprint density at radius 1 is 1.38 bits per heavy atom. The number of benzene rings is 1. The lowest BCUT2D eigenvalue weighted by Gasteiger charge is -2.15. The lowest BCUT2D eigenvalue weighted by molar-refractivity contribution is 0.519. The van der Waals surface area contributed by atoms with Gasteiger partial charge in [0.1, 0.15) is 17.4 Å². The Morgan fingerprint density at radius 2 is 2.06 bits per heavy atom. The first-order chi connectivity index (χ1) is 7.72. The second-order valence-corrected chi connectivity index (χ2v) is 3.84. The number of hydrogen-bond donors (Lipinski definition) is 1. The van der Waals surface area contributed by atoms with E-state index in [9.17, 15) is 4.39 Å². The molecule has 0 heterocycles. The van der Waals surface area contributed by atoms with Crippen molar-refractivity contribution in [3.63, 3.8) is 0 Å². The van der Waals surface area contributed by atoms with Crippen molar-refractivity contribution >= 4 is 5.69 Å². The number of nitriles is 1. The van der Waals surface area contributed by atoms with Crippen LogP contribution >= 0.6 is 0 Å². The monoisotopic (exact) mass is 220 g/mol. The second kappa shape index (κ2) is 6.12. The minimum atomic E-state index is -0.461. The molecule has 0 aliphatic carbocycles. The van der Waals surface area contributed by atoms with Crippen molar-refractivity contribution in [2.75, 3.05) is 11.9 Å². The zero-order chi connectivity index (χ0) is 12.0. The second-order valence-electron chi connectivity index (χ2n) is 3.84. The minimum Gasteiger partial charge on any atom is -0.384 e. The largest absolute Gasteiger partial charge is 0.384 e. The molecule has 0 bridgehead atoms. The fourth-order valence-electron chi connectivity index (χ4n) is 1.62. The highest BCUT2D eigenvalue weighted by Crippen LogP contribution is 2.19. The molecular weight excluding hydrogens is 203 g/mol. The van der Waals surface area contributed by atoms with Gasteiger partial charge >= 0.3 is 0 Å². The molecule has 2 nitrogen and oxygen atoms in total. The lowest BCUT2D eigenvalue weighted by Crippen LogP contribution is -2.13. The molecule has 0 aromatic heterocycles. The van der Waals surface area contributed by atoms with E-state index in [-0.39, 0.29) is 5.56 Å². The average Bonchev–Trinajstić information content (AvgIpc) is 2.30. The van der Waals surface area contributed by atoms with Gasteiger partial charge in [-0.05, 0) is 18.1 Å². The van der Waals surface area contributed by atoms with Crippen LogP contribution in [0.15, 0.2) is 18.2 Å². The van der Waals surface area contributed by atoms with Crippen LogP contribution in [0, 0.1) is 23.1 Å². The summed E-state index contributed by atoms with van der Waals surface area (Å²) in [6.07, 6.45) is 2.17. The first kappa shape index (κ1) is 12.5. The van der Waals surface area contributed by atoms with Crippen LogP contribution in [0.4, 0.5) is 10.1 Å². The Kier molecular flexibility index (Phi) is 4.78. The fraction of sp³-hybridized carbons (Fsp3) is 0.462. The summed E-state index contributed by atoms with van der Waals surface area (Å²) in [5, 5.41) is 12.0. The Hall–Kier alpha value is -1.56. The van der Waals surface area contributed by atoms with Crippen LogP contribution in [-0.2, 0) is 0 Å². The van der Waals surface area contributed by atoms with Gasteiger partial charge in [-0.3, -0.25) is 0 Å². The van der Waals surface area contributed by atoms with E-state index in [1.54, 1.807) is 12.1 Å². The molecule has 0 unspecified atom stereocenters. The third-order valence-electron chi connectivity index (χ3n) is 2.86. The van der Waals surface area contributed by atoms with E-state index in [1.165, 1.54) is 6.07 Å².